The number of rotatable bonds is 3. The second-order valence-electron chi connectivity index (χ2n) is 7.06. The van der Waals surface area contributed by atoms with Crippen LogP contribution in [0.15, 0.2) is 59.5 Å². The lowest BCUT2D eigenvalue weighted by molar-refractivity contribution is -0.137. The van der Waals surface area contributed by atoms with Gasteiger partial charge in [0.15, 0.2) is 0 Å². The highest BCUT2D eigenvalue weighted by Crippen LogP contribution is 2.31. The molecule has 7 heteroatoms. The molecular formula is C22H18F3N3O. The Hall–Kier alpha value is -3.35. The normalized spacial score (nSPS) is 11.9. The first-order chi connectivity index (χ1) is 13.7. The standard InChI is InChI=1S/C22H18F3N3O/c1-13-9-18-19(10-14(13)2)28(20(27-18)17-7-4-8-26-21(17)29)12-15-5-3-6-16(11-15)22(23,24)25/h3-11H,12H2,1-2H3,(H,26,29). The van der Waals surface area contributed by atoms with Crippen LogP contribution in [-0.2, 0) is 12.7 Å². The van der Waals surface area contributed by atoms with Gasteiger partial charge in [-0.2, -0.15) is 13.2 Å². The van der Waals surface area contributed by atoms with Crippen LogP contribution in [0, 0.1) is 13.8 Å². The Morgan fingerprint density at radius 3 is 2.52 bits per heavy atom. The van der Waals surface area contributed by atoms with Crippen molar-refractivity contribution >= 4 is 11.0 Å². The number of pyridine rings is 1. The molecule has 0 unspecified atom stereocenters. The first-order valence-electron chi connectivity index (χ1n) is 9.06. The predicted octanol–water partition coefficient (Wildman–Crippen LogP) is 5.08. The van der Waals surface area contributed by atoms with E-state index in [2.05, 4.69) is 9.97 Å². The molecule has 0 aliphatic heterocycles. The average Bonchev–Trinajstić information content (AvgIpc) is 2.99. The van der Waals surface area contributed by atoms with Gasteiger partial charge in [-0.05, 0) is 66.9 Å². The molecule has 0 amide bonds. The Morgan fingerprint density at radius 2 is 1.79 bits per heavy atom. The fourth-order valence-electron chi connectivity index (χ4n) is 3.37. The van der Waals surface area contributed by atoms with Gasteiger partial charge in [0.05, 0.1) is 22.2 Å². The summed E-state index contributed by atoms with van der Waals surface area (Å²) < 4.78 is 41.2. The summed E-state index contributed by atoms with van der Waals surface area (Å²) in [6.07, 6.45) is -2.89. The monoisotopic (exact) mass is 397 g/mol. The van der Waals surface area contributed by atoms with Gasteiger partial charge in [-0.1, -0.05) is 12.1 Å². The predicted molar refractivity (Wildman–Crippen MR) is 106 cm³/mol. The van der Waals surface area contributed by atoms with Crippen molar-refractivity contribution in [3.63, 3.8) is 0 Å². The van der Waals surface area contributed by atoms with Gasteiger partial charge < -0.3 is 9.55 Å². The third kappa shape index (κ3) is 3.55. The molecule has 0 saturated carbocycles. The number of hydrogen-bond donors (Lipinski definition) is 1. The fraction of sp³-hybridized carbons (Fsp3) is 0.182. The van der Waals surface area contributed by atoms with Gasteiger partial charge in [0.2, 0.25) is 0 Å². The number of alkyl halides is 3. The number of halogens is 3. The Bertz CT molecular complexity index is 1270. The van der Waals surface area contributed by atoms with E-state index < -0.39 is 11.7 Å². The summed E-state index contributed by atoms with van der Waals surface area (Å²) in [4.78, 5) is 19.6. The zero-order chi connectivity index (χ0) is 20.8. The highest BCUT2D eigenvalue weighted by atomic mass is 19.4. The zero-order valence-electron chi connectivity index (χ0n) is 15.8. The van der Waals surface area contributed by atoms with E-state index in [9.17, 15) is 18.0 Å². The van der Waals surface area contributed by atoms with Gasteiger partial charge in [-0.25, -0.2) is 4.98 Å². The highest BCUT2D eigenvalue weighted by molar-refractivity contribution is 5.82. The molecule has 4 rings (SSSR count). The number of benzene rings is 2. The van der Waals surface area contributed by atoms with Crippen LogP contribution < -0.4 is 5.56 Å². The maximum absolute atomic E-state index is 13.1. The molecule has 4 aromatic rings. The molecule has 0 aliphatic carbocycles. The minimum absolute atomic E-state index is 0.159. The summed E-state index contributed by atoms with van der Waals surface area (Å²) in [6, 6.07) is 12.4. The van der Waals surface area contributed by atoms with Gasteiger partial charge in [-0.15, -0.1) is 0 Å². The lowest BCUT2D eigenvalue weighted by Gasteiger charge is -2.12. The summed E-state index contributed by atoms with van der Waals surface area (Å²) in [7, 11) is 0. The van der Waals surface area contributed by atoms with Crippen molar-refractivity contribution in [1.82, 2.24) is 14.5 Å². The van der Waals surface area contributed by atoms with Gasteiger partial charge in [-0.3, -0.25) is 4.79 Å². The van der Waals surface area contributed by atoms with Gasteiger partial charge >= 0.3 is 6.18 Å². The fourth-order valence-corrected chi connectivity index (χ4v) is 3.37. The van der Waals surface area contributed by atoms with Crippen molar-refractivity contribution in [3.05, 3.63) is 87.3 Å². The Balaban J connectivity index is 1.93. The molecule has 0 atom stereocenters. The molecule has 2 heterocycles. The largest absolute Gasteiger partial charge is 0.416 e. The number of aromatic amines is 1. The second kappa shape index (κ2) is 6.92. The van der Waals surface area contributed by atoms with Gasteiger partial charge in [0.1, 0.15) is 5.82 Å². The quantitative estimate of drug-likeness (QED) is 0.524. The third-order valence-corrected chi connectivity index (χ3v) is 5.02. The summed E-state index contributed by atoms with van der Waals surface area (Å²) in [5.74, 6) is 0.421. The van der Waals surface area contributed by atoms with Crippen LogP contribution in [0.2, 0.25) is 0 Å². The van der Waals surface area contributed by atoms with Crippen molar-refractivity contribution in [2.24, 2.45) is 0 Å². The lowest BCUT2D eigenvalue weighted by Crippen LogP contribution is -2.12. The van der Waals surface area contributed by atoms with E-state index in [1.807, 2.05) is 26.0 Å². The topological polar surface area (TPSA) is 50.7 Å². The van der Waals surface area contributed by atoms with E-state index in [1.54, 1.807) is 22.8 Å². The molecule has 0 radical (unpaired) electrons. The summed E-state index contributed by atoms with van der Waals surface area (Å²) >= 11 is 0. The van der Waals surface area contributed by atoms with Gasteiger partial charge in [0.25, 0.3) is 5.56 Å². The third-order valence-electron chi connectivity index (χ3n) is 5.02. The SMILES string of the molecule is Cc1cc2nc(-c3ccc[nH]c3=O)n(Cc3cccc(C(F)(F)F)c3)c2cc1C. The molecule has 0 bridgehead atoms. The molecule has 0 fully saturated rings. The van der Waals surface area contributed by atoms with Crippen LogP contribution in [0.1, 0.15) is 22.3 Å². The number of imidazole rings is 1. The first kappa shape index (κ1) is 19.0. The van der Waals surface area contributed by atoms with E-state index in [4.69, 9.17) is 0 Å². The number of H-pyrrole nitrogens is 1. The van der Waals surface area contributed by atoms with Crippen molar-refractivity contribution in [1.29, 1.82) is 0 Å². The van der Waals surface area contributed by atoms with Gasteiger partial charge in [0, 0.05) is 12.7 Å². The number of nitrogens with one attached hydrogen (secondary N) is 1. The zero-order valence-corrected chi connectivity index (χ0v) is 15.8. The highest BCUT2D eigenvalue weighted by Gasteiger charge is 2.30. The Morgan fingerprint density at radius 1 is 1.03 bits per heavy atom. The Labute approximate surface area is 164 Å². The lowest BCUT2D eigenvalue weighted by atomic mass is 10.1. The van der Waals surface area contributed by atoms with Crippen LogP contribution in [0.4, 0.5) is 13.2 Å². The number of nitrogens with zero attached hydrogens (tertiary/aromatic N) is 2. The van der Waals surface area contributed by atoms with Crippen molar-refractivity contribution in [2.75, 3.05) is 0 Å². The van der Waals surface area contributed by atoms with E-state index in [0.717, 1.165) is 28.8 Å². The van der Waals surface area contributed by atoms with Crippen LogP contribution in [0.5, 0.6) is 0 Å². The van der Waals surface area contributed by atoms with Crippen molar-refractivity contribution in [3.8, 4) is 11.4 Å². The molecule has 148 valence electrons. The number of aryl methyl sites for hydroxylation is 2. The van der Waals surface area contributed by atoms with Crippen LogP contribution in [0.3, 0.4) is 0 Å². The van der Waals surface area contributed by atoms with E-state index in [0.29, 0.717) is 22.5 Å². The summed E-state index contributed by atoms with van der Waals surface area (Å²) in [5, 5.41) is 0. The van der Waals surface area contributed by atoms with E-state index in [-0.39, 0.29) is 12.1 Å². The molecule has 29 heavy (non-hydrogen) atoms. The summed E-state index contributed by atoms with van der Waals surface area (Å²) in [6.45, 7) is 4.09. The van der Waals surface area contributed by atoms with Crippen molar-refractivity contribution in [2.45, 2.75) is 26.6 Å². The average molecular weight is 397 g/mol. The number of fused-ring (bicyclic) bond motifs is 1. The second-order valence-corrected chi connectivity index (χ2v) is 7.06. The van der Waals surface area contributed by atoms with Crippen molar-refractivity contribution < 1.29 is 13.2 Å². The summed E-state index contributed by atoms with van der Waals surface area (Å²) in [5.41, 5.74) is 3.39. The molecule has 0 aliphatic rings. The number of aromatic nitrogens is 3. The maximum Gasteiger partial charge on any atom is 0.416 e. The molecule has 1 N–H and O–H groups in total. The molecule has 0 saturated heterocycles. The smallest absolute Gasteiger partial charge is 0.328 e. The van der Waals surface area contributed by atoms with Crippen LogP contribution >= 0.6 is 0 Å². The van der Waals surface area contributed by atoms with Crippen LogP contribution in [-0.4, -0.2) is 14.5 Å². The van der Waals surface area contributed by atoms with E-state index in [1.165, 1.54) is 12.3 Å². The molecule has 2 aromatic heterocycles. The van der Waals surface area contributed by atoms with Crippen LogP contribution in [0.25, 0.3) is 22.4 Å². The molecular weight excluding hydrogens is 379 g/mol. The number of hydrogen-bond acceptors (Lipinski definition) is 2. The minimum atomic E-state index is -4.42. The molecule has 0 spiro atoms. The molecule has 4 nitrogen and oxygen atoms in total. The first-order valence-corrected chi connectivity index (χ1v) is 9.06. The van der Waals surface area contributed by atoms with E-state index >= 15 is 0 Å². The maximum atomic E-state index is 13.1. The Kier molecular flexibility index (Phi) is 4.53. The molecule has 2 aromatic carbocycles. The minimum Gasteiger partial charge on any atom is -0.328 e.